The molecule has 0 aliphatic carbocycles. The quantitative estimate of drug-likeness (QED) is 0.465. The fourth-order valence-corrected chi connectivity index (χ4v) is 4.01. The first-order valence-corrected chi connectivity index (χ1v) is 9.07. The van der Waals surface area contributed by atoms with Crippen LogP contribution in [-0.2, 0) is 23.1 Å². The summed E-state index contributed by atoms with van der Waals surface area (Å²) in [5, 5.41) is 11.3. The Kier molecular flexibility index (Phi) is 5.10. The Bertz CT molecular complexity index is 988. The van der Waals surface area contributed by atoms with E-state index in [2.05, 4.69) is 4.98 Å². The molecule has 0 bridgehead atoms. The summed E-state index contributed by atoms with van der Waals surface area (Å²) in [5.41, 5.74) is 0.185. The molecule has 0 amide bonds. The number of aromatic nitrogens is 1. The highest BCUT2D eigenvalue weighted by Gasteiger charge is 2.32. The Balaban J connectivity index is 2.03. The van der Waals surface area contributed by atoms with Gasteiger partial charge in [-0.1, -0.05) is 18.2 Å². The molecule has 0 atom stereocenters. The Morgan fingerprint density at radius 2 is 1.88 bits per heavy atom. The highest BCUT2D eigenvalue weighted by atomic mass is 32.2. The molecule has 0 aliphatic heterocycles. The van der Waals surface area contributed by atoms with Crippen LogP contribution in [0.1, 0.15) is 11.3 Å². The highest BCUT2D eigenvalue weighted by Crippen LogP contribution is 2.28. The lowest BCUT2D eigenvalue weighted by Crippen LogP contribution is -2.30. The van der Waals surface area contributed by atoms with Crippen LogP contribution < -0.4 is 0 Å². The van der Waals surface area contributed by atoms with Crippen LogP contribution in [0.25, 0.3) is 0 Å². The Hall–Kier alpha value is -3.04. The van der Waals surface area contributed by atoms with Crippen molar-refractivity contribution in [2.45, 2.75) is 18.0 Å². The van der Waals surface area contributed by atoms with Gasteiger partial charge in [0, 0.05) is 25.0 Å². The lowest BCUT2D eigenvalue weighted by Gasteiger charge is -2.21. The number of furan rings is 1. The maximum Gasteiger partial charge on any atom is 0.289 e. The largest absolute Gasteiger partial charge is 0.468 e. The average Bonchev–Trinajstić information content (AvgIpc) is 3.15. The van der Waals surface area contributed by atoms with E-state index in [4.69, 9.17) is 4.42 Å². The standard InChI is InChI=1S/C17H15N3O5S/c21-20(22)16-7-1-2-8-17(16)26(23,24)19(13-15-6-4-10-25-15)12-14-5-3-9-18-11-14/h1-11H,12-13H2. The molecular formula is C17H15N3O5S. The molecule has 3 aromatic rings. The molecule has 0 radical (unpaired) electrons. The van der Waals surface area contributed by atoms with Crippen LogP contribution in [0.5, 0.6) is 0 Å². The summed E-state index contributed by atoms with van der Waals surface area (Å²) >= 11 is 0. The van der Waals surface area contributed by atoms with E-state index < -0.39 is 20.6 Å². The molecule has 0 fully saturated rings. The van der Waals surface area contributed by atoms with Gasteiger partial charge in [0.1, 0.15) is 5.76 Å². The van der Waals surface area contributed by atoms with E-state index in [0.29, 0.717) is 11.3 Å². The van der Waals surface area contributed by atoms with E-state index in [1.165, 1.54) is 30.5 Å². The normalized spacial score (nSPS) is 11.6. The fourth-order valence-electron chi connectivity index (χ4n) is 2.46. The van der Waals surface area contributed by atoms with E-state index in [1.54, 1.807) is 36.7 Å². The van der Waals surface area contributed by atoms with Gasteiger partial charge in [0.2, 0.25) is 0 Å². The van der Waals surface area contributed by atoms with Crippen molar-refractivity contribution in [2.24, 2.45) is 0 Å². The van der Waals surface area contributed by atoms with Crippen molar-refractivity contribution < 1.29 is 17.8 Å². The molecule has 1 aromatic carbocycles. The highest BCUT2D eigenvalue weighted by molar-refractivity contribution is 7.89. The summed E-state index contributed by atoms with van der Waals surface area (Å²) in [6, 6.07) is 12.0. The molecule has 26 heavy (non-hydrogen) atoms. The van der Waals surface area contributed by atoms with Crippen molar-refractivity contribution in [3.05, 3.63) is 88.6 Å². The van der Waals surface area contributed by atoms with E-state index in [0.717, 1.165) is 4.31 Å². The van der Waals surface area contributed by atoms with Crippen LogP contribution >= 0.6 is 0 Å². The van der Waals surface area contributed by atoms with Crippen LogP contribution in [0.2, 0.25) is 0 Å². The van der Waals surface area contributed by atoms with Crippen molar-refractivity contribution in [1.29, 1.82) is 0 Å². The topological polar surface area (TPSA) is 107 Å². The number of pyridine rings is 1. The van der Waals surface area contributed by atoms with E-state index >= 15 is 0 Å². The summed E-state index contributed by atoms with van der Waals surface area (Å²) in [6.07, 6.45) is 4.57. The Labute approximate surface area is 149 Å². The first kappa shape index (κ1) is 17.8. The van der Waals surface area contributed by atoms with Crippen molar-refractivity contribution >= 4 is 15.7 Å². The van der Waals surface area contributed by atoms with Crippen LogP contribution in [0.3, 0.4) is 0 Å². The van der Waals surface area contributed by atoms with Crippen LogP contribution in [0.4, 0.5) is 5.69 Å². The number of nitrogens with zero attached hydrogens (tertiary/aromatic N) is 3. The number of hydrogen-bond donors (Lipinski definition) is 0. The second-order valence-corrected chi connectivity index (χ2v) is 7.34. The number of benzene rings is 1. The third-order valence-electron chi connectivity index (χ3n) is 3.67. The number of sulfonamides is 1. The molecular weight excluding hydrogens is 358 g/mol. The molecule has 0 N–H and O–H groups in total. The minimum absolute atomic E-state index is 0.00290. The zero-order valence-corrected chi connectivity index (χ0v) is 14.4. The smallest absolute Gasteiger partial charge is 0.289 e. The Morgan fingerprint density at radius 1 is 1.08 bits per heavy atom. The predicted octanol–water partition coefficient (Wildman–Crippen LogP) is 2.97. The van der Waals surface area contributed by atoms with Gasteiger partial charge < -0.3 is 4.42 Å². The predicted molar refractivity (Wildman–Crippen MR) is 92.5 cm³/mol. The summed E-state index contributed by atoms with van der Waals surface area (Å²) in [6.45, 7) is -0.0564. The molecule has 0 saturated heterocycles. The number of hydrogen-bond acceptors (Lipinski definition) is 6. The van der Waals surface area contributed by atoms with Crippen molar-refractivity contribution in [1.82, 2.24) is 9.29 Å². The molecule has 2 aromatic heterocycles. The second-order valence-electron chi connectivity index (χ2n) is 5.44. The third kappa shape index (κ3) is 3.79. The van der Waals surface area contributed by atoms with Crippen LogP contribution in [0.15, 0.2) is 76.5 Å². The summed E-state index contributed by atoms with van der Waals surface area (Å²) in [4.78, 5) is 14.2. The lowest BCUT2D eigenvalue weighted by atomic mass is 10.3. The molecule has 3 rings (SSSR count). The average molecular weight is 373 g/mol. The molecule has 0 spiro atoms. The summed E-state index contributed by atoms with van der Waals surface area (Å²) in [5.74, 6) is 0.427. The molecule has 9 heteroatoms. The van der Waals surface area contributed by atoms with Gasteiger partial charge in [-0.2, -0.15) is 4.31 Å². The second kappa shape index (κ2) is 7.46. The number of nitro benzene ring substituents is 1. The maximum atomic E-state index is 13.1. The van der Waals surface area contributed by atoms with Crippen molar-refractivity contribution in [3.8, 4) is 0 Å². The van der Waals surface area contributed by atoms with Crippen molar-refractivity contribution in [2.75, 3.05) is 0 Å². The van der Waals surface area contributed by atoms with Gasteiger partial charge in [-0.15, -0.1) is 0 Å². The van der Waals surface area contributed by atoms with Gasteiger partial charge in [-0.25, -0.2) is 8.42 Å². The van der Waals surface area contributed by atoms with E-state index in [9.17, 15) is 18.5 Å². The first-order valence-electron chi connectivity index (χ1n) is 7.63. The van der Waals surface area contributed by atoms with Gasteiger partial charge in [-0.3, -0.25) is 15.1 Å². The molecule has 8 nitrogen and oxygen atoms in total. The fraction of sp³-hybridized carbons (Fsp3) is 0.118. The van der Waals surface area contributed by atoms with E-state index in [1.807, 2.05) is 0 Å². The van der Waals surface area contributed by atoms with Crippen LogP contribution in [0, 0.1) is 10.1 Å². The SMILES string of the molecule is O=[N+]([O-])c1ccccc1S(=O)(=O)N(Cc1cccnc1)Cc1ccco1. The summed E-state index contributed by atoms with van der Waals surface area (Å²) < 4.78 is 32.7. The maximum absolute atomic E-state index is 13.1. The first-order chi connectivity index (χ1) is 12.5. The minimum Gasteiger partial charge on any atom is -0.468 e. The zero-order valence-electron chi connectivity index (χ0n) is 13.6. The number of para-hydroxylation sites is 1. The van der Waals surface area contributed by atoms with Gasteiger partial charge in [0.05, 0.1) is 17.7 Å². The third-order valence-corrected chi connectivity index (χ3v) is 5.51. The molecule has 0 aliphatic rings. The molecule has 2 heterocycles. The number of rotatable bonds is 7. The minimum atomic E-state index is -4.15. The molecule has 0 saturated carbocycles. The van der Waals surface area contributed by atoms with Gasteiger partial charge in [0.15, 0.2) is 4.90 Å². The van der Waals surface area contributed by atoms with Gasteiger partial charge >= 0.3 is 0 Å². The van der Waals surface area contributed by atoms with Crippen LogP contribution in [-0.4, -0.2) is 22.6 Å². The Morgan fingerprint density at radius 3 is 2.54 bits per heavy atom. The van der Waals surface area contributed by atoms with Crippen molar-refractivity contribution in [3.63, 3.8) is 0 Å². The molecule has 0 unspecified atom stereocenters. The zero-order chi connectivity index (χ0) is 18.6. The monoisotopic (exact) mass is 373 g/mol. The lowest BCUT2D eigenvalue weighted by molar-refractivity contribution is -0.387. The van der Waals surface area contributed by atoms with E-state index in [-0.39, 0.29) is 18.0 Å². The van der Waals surface area contributed by atoms with Gasteiger partial charge in [0.25, 0.3) is 15.7 Å². The van der Waals surface area contributed by atoms with Gasteiger partial charge in [-0.05, 0) is 29.8 Å². The summed E-state index contributed by atoms with van der Waals surface area (Å²) in [7, 11) is -4.15. The number of nitro groups is 1. The molecule has 134 valence electrons.